The second-order valence-electron chi connectivity index (χ2n) is 11.4. The minimum absolute atomic E-state index is 0.0593. The Morgan fingerprint density at radius 1 is 0.959 bits per heavy atom. The summed E-state index contributed by atoms with van der Waals surface area (Å²) < 4.78 is 33.0. The van der Waals surface area contributed by atoms with Gasteiger partial charge in [-0.25, -0.2) is 8.78 Å². The minimum atomic E-state index is -1.63. The van der Waals surface area contributed by atoms with Crippen LogP contribution in [-0.4, -0.2) is 91.4 Å². The molecule has 3 atom stereocenters. The maximum Gasteiger partial charge on any atom is 0.305 e. The average Bonchev–Trinajstić information content (AvgIpc) is 3.62. The monoisotopic (exact) mass is 677 g/mol. The largest absolute Gasteiger partial charge is 0.481 e. The molecule has 0 radical (unpaired) electrons. The predicted molar refractivity (Wildman–Crippen MR) is 168 cm³/mol. The van der Waals surface area contributed by atoms with E-state index in [4.69, 9.17) is 4.74 Å². The number of hydrogen-bond acceptors (Lipinski definition) is 9. The molecule has 1 aliphatic rings. The van der Waals surface area contributed by atoms with Gasteiger partial charge in [0, 0.05) is 18.5 Å². The first kappa shape index (κ1) is 34.5. The zero-order valence-corrected chi connectivity index (χ0v) is 26.1. The molecule has 1 fully saturated rings. The van der Waals surface area contributed by atoms with Crippen molar-refractivity contribution >= 4 is 40.2 Å². The molecule has 4 N–H and O–H groups in total. The molecule has 4 aromatic rings. The van der Waals surface area contributed by atoms with Gasteiger partial charge in [0.2, 0.25) is 11.8 Å². The van der Waals surface area contributed by atoms with Gasteiger partial charge >= 0.3 is 5.97 Å². The first-order valence-corrected chi connectivity index (χ1v) is 15.6. The standard InChI is InChI=1S/C33H33F2N7O7/c34-22-11-6-12-23(35)30(22)49-18-27(43)25(17-29(44)45)37-32(47)26-13-3-4-16-42(26)33(48)24(14-15-28-38-40-41-39-28)36-31(46)21-10-5-8-19-7-1-2-9-20(19)21/h1-2,5-12,24-26H,3-4,13-18H2,(H,36,46)(H,37,47)(H,44,45)(H,38,39,40,41)/t24-,25-,26-/m0/s1. The summed E-state index contributed by atoms with van der Waals surface area (Å²) in [5, 5.41) is 29.9. The van der Waals surface area contributed by atoms with E-state index in [1.807, 2.05) is 18.2 Å². The second kappa shape index (κ2) is 15.9. The molecule has 49 heavy (non-hydrogen) atoms. The summed E-state index contributed by atoms with van der Waals surface area (Å²) in [5.74, 6) is -6.92. The number of amides is 3. The molecule has 0 unspecified atom stereocenters. The third kappa shape index (κ3) is 8.57. The Hall–Kier alpha value is -5.80. The highest BCUT2D eigenvalue weighted by atomic mass is 19.1. The van der Waals surface area contributed by atoms with E-state index >= 15 is 0 Å². The van der Waals surface area contributed by atoms with Crippen LogP contribution in [-0.2, 0) is 25.6 Å². The van der Waals surface area contributed by atoms with E-state index in [-0.39, 0.29) is 25.8 Å². The number of rotatable bonds is 14. The molecule has 5 rings (SSSR count). The number of Topliss-reactive ketones (excluding diaryl/α,β-unsaturated/α-hetero) is 1. The number of carboxylic acid groups (broad SMARTS) is 1. The number of halogens is 2. The lowest BCUT2D eigenvalue weighted by atomic mass is 9.97. The smallest absolute Gasteiger partial charge is 0.305 e. The molecule has 1 aromatic heterocycles. The van der Waals surface area contributed by atoms with E-state index in [1.165, 1.54) is 4.90 Å². The van der Waals surface area contributed by atoms with Crippen LogP contribution in [0.4, 0.5) is 8.78 Å². The molecule has 2 heterocycles. The van der Waals surface area contributed by atoms with Crippen LogP contribution in [0.5, 0.6) is 5.75 Å². The van der Waals surface area contributed by atoms with Crippen LogP contribution in [0.3, 0.4) is 0 Å². The summed E-state index contributed by atoms with van der Waals surface area (Å²) in [6.07, 6.45) is 0.657. The Morgan fingerprint density at radius 2 is 1.69 bits per heavy atom. The van der Waals surface area contributed by atoms with Crippen LogP contribution >= 0.6 is 0 Å². The zero-order valence-electron chi connectivity index (χ0n) is 26.1. The summed E-state index contributed by atoms with van der Waals surface area (Å²) in [6, 6.07) is 11.6. The van der Waals surface area contributed by atoms with Crippen molar-refractivity contribution in [2.24, 2.45) is 0 Å². The summed E-state index contributed by atoms with van der Waals surface area (Å²) in [4.78, 5) is 67.2. The fourth-order valence-electron chi connectivity index (χ4n) is 5.70. The first-order chi connectivity index (χ1) is 23.6. The number of aliphatic carboxylic acids is 1. The molecule has 1 saturated heterocycles. The van der Waals surface area contributed by atoms with Crippen molar-refractivity contribution < 1.29 is 42.6 Å². The predicted octanol–water partition coefficient (Wildman–Crippen LogP) is 2.35. The summed E-state index contributed by atoms with van der Waals surface area (Å²) in [6.45, 7) is -0.783. The maximum absolute atomic E-state index is 14.1. The highest BCUT2D eigenvalue weighted by molar-refractivity contribution is 6.08. The van der Waals surface area contributed by atoms with Crippen LogP contribution in [0.2, 0.25) is 0 Å². The summed E-state index contributed by atoms with van der Waals surface area (Å²) in [7, 11) is 0. The van der Waals surface area contributed by atoms with Gasteiger partial charge in [-0.1, -0.05) is 47.7 Å². The Balaban J connectivity index is 1.33. The number of nitrogens with zero attached hydrogens (tertiary/aromatic N) is 4. The van der Waals surface area contributed by atoms with E-state index in [0.29, 0.717) is 29.6 Å². The number of piperidine rings is 1. The van der Waals surface area contributed by atoms with E-state index in [0.717, 1.165) is 23.6 Å². The number of H-pyrrole nitrogens is 1. The number of nitrogens with one attached hydrogen (secondary N) is 3. The molecule has 0 saturated carbocycles. The minimum Gasteiger partial charge on any atom is -0.481 e. The molecule has 0 spiro atoms. The van der Waals surface area contributed by atoms with Crippen LogP contribution in [0.15, 0.2) is 60.7 Å². The van der Waals surface area contributed by atoms with Crippen LogP contribution in [0, 0.1) is 11.6 Å². The highest BCUT2D eigenvalue weighted by Crippen LogP contribution is 2.23. The molecule has 14 nitrogen and oxygen atoms in total. The SMILES string of the molecule is O=C(O)C[C@H](NC(=O)[C@@H]1CCCCN1C(=O)[C@H](CCc1nn[nH]n1)NC(=O)c1cccc2ccccc12)C(=O)COc1c(F)cccc1F. The van der Waals surface area contributed by atoms with E-state index in [1.54, 1.807) is 24.3 Å². The van der Waals surface area contributed by atoms with Gasteiger partial charge in [0.05, 0.1) is 6.42 Å². The number of benzene rings is 3. The number of aromatic nitrogens is 4. The van der Waals surface area contributed by atoms with E-state index in [2.05, 4.69) is 31.3 Å². The van der Waals surface area contributed by atoms with E-state index < -0.39 is 78.0 Å². The lowest BCUT2D eigenvalue weighted by Crippen LogP contribution is -2.59. The molecular weight excluding hydrogens is 644 g/mol. The van der Waals surface area contributed by atoms with Crippen molar-refractivity contribution in [2.45, 2.75) is 56.7 Å². The lowest BCUT2D eigenvalue weighted by Gasteiger charge is -2.37. The van der Waals surface area contributed by atoms with Crippen molar-refractivity contribution in [3.63, 3.8) is 0 Å². The number of carbonyl (C=O) groups excluding carboxylic acids is 4. The van der Waals surface area contributed by atoms with Crippen LogP contribution < -0.4 is 15.4 Å². The Morgan fingerprint density at radius 3 is 2.43 bits per heavy atom. The van der Waals surface area contributed by atoms with Crippen molar-refractivity contribution in [3.8, 4) is 5.75 Å². The molecular formula is C33H33F2N7O7. The number of ketones is 1. The second-order valence-corrected chi connectivity index (χ2v) is 11.4. The van der Waals surface area contributed by atoms with Crippen molar-refractivity contribution in [2.75, 3.05) is 13.2 Å². The fraction of sp³-hybridized carbons (Fsp3) is 0.333. The molecule has 256 valence electrons. The normalized spacial score (nSPS) is 15.6. The lowest BCUT2D eigenvalue weighted by molar-refractivity contribution is -0.146. The number of aryl methyl sites for hydroxylation is 1. The van der Waals surface area contributed by atoms with Gasteiger partial charge in [-0.05, 0) is 54.7 Å². The fourth-order valence-corrected chi connectivity index (χ4v) is 5.70. The van der Waals surface area contributed by atoms with Gasteiger partial charge in [0.25, 0.3) is 5.91 Å². The topological polar surface area (TPSA) is 197 Å². The van der Waals surface area contributed by atoms with Crippen molar-refractivity contribution in [1.29, 1.82) is 0 Å². The number of fused-ring (bicyclic) bond motifs is 1. The summed E-state index contributed by atoms with van der Waals surface area (Å²) >= 11 is 0. The number of carbonyl (C=O) groups is 5. The highest BCUT2D eigenvalue weighted by Gasteiger charge is 2.38. The Kier molecular flexibility index (Phi) is 11.2. The van der Waals surface area contributed by atoms with Gasteiger partial charge in [-0.3, -0.25) is 24.0 Å². The van der Waals surface area contributed by atoms with Gasteiger partial charge in [0.15, 0.2) is 29.0 Å². The molecule has 1 aliphatic heterocycles. The average molecular weight is 678 g/mol. The number of likely N-dealkylation sites (tertiary alicyclic amines) is 1. The van der Waals surface area contributed by atoms with Gasteiger partial charge in [0.1, 0.15) is 24.7 Å². The molecule has 16 heteroatoms. The van der Waals surface area contributed by atoms with Crippen LogP contribution in [0.1, 0.15) is 48.3 Å². The number of tetrazole rings is 1. The molecule has 3 amide bonds. The molecule has 0 aliphatic carbocycles. The third-order valence-electron chi connectivity index (χ3n) is 8.13. The molecule has 0 bridgehead atoms. The van der Waals surface area contributed by atoms with Gasteiger partial charge in [-0.2, -0.15) is 5.21 Å². The number of para-hydroxylation sites is 1. The van der Waals surface area contributed by atoms with Gasteiger partial charge < -0.3 is 25.4 Å². The maximum atomic E-state index is 14.1. The molecule has 3 aromatic carbocycles. The van der Waals surface area contributed by atoms with Gasteiger partial charge in [-0.15, -0.1) is 10.2 Å². The Labute approximate surface area is 278 Å². The summed E-state index contributed by atoms with van der Waals surface area (Å²) in [5.41, 5.74) is 0.343. The number of ether oxygens (including phenoxy) is 1. The number of aromatic amines is 1. The van der Waals surface area contributed by atoms with Crippen molar-refractivity contribution in [1.82, 2.24) is 36.2 Å². The third-order valence-corrected chi connectivity index (χ3v) is 8.13. The zero-order chi connectivity index (χ0) is 34.9. The Bertz CT molecular complexity index is 1810. The van der Waals surface area contributed by atoms with E-state index in [9.17, 15) is 37.9 Å². The van der Waals surface area contributed by atoms with Crippen molar-refractivity contribution in [3.05, 3.63) is 83.7 Å². The number of hydrogen-bond donors (Lipinski definition) is 4. The number of carboxylic acids is 1. The first-order valence-electron chi connectivity index (χ1n) is 15.6. The van der Waals surface area contributed by atoms with Crippen LogP contribution in [0.25, 0.3) is 10.8 Å². The quantitative estimate of drug-likeness (QED) is 0.154.